The van der Waals surface area contributed by atoms with Crippen LogP contribution < -0.4 is 10.2 Å². The van der Waals surface area contributed by atoms with Crippen molar-refractivity contribution in [3.63, 3.8) is 0 Å². The van der Waals surface area contributed by atoms with E-state index < -0.39 is 0 Å². The maximum Gasteiger partial charge on any atom is 0.227 e. The number of amides is 2. The fraction of sp³-hybridized carbons (Fsp3) is 0.261. The Bertz CT molecular complexity index is 1030. The van der Waals surface area contributed by atoms with Crippen molar-refractivity contribution in [1.29, 1.82) is 5.26 Å². The highest BCUT2D eigenvalue weighted by molar-refractivity contribution is 5.95. The van der Waals surface area contributed by atoms with Crippen LogP contribution in [-0.2, 0) is 22.7 Å². The first kappa shape index (κ1) is 21.7. The standard InChI is InChI=1S/C23H24N6O2/c24-13-6-14-29(21-9-2-1-3-10-21)23(31)12-11-22(30)26-15-19-7-4-5-8-20(19)16-28-18-25-17-27-28/h1-5,7-10,17-18H,6,11-12,14-16H2,(H,26,30). The zero-order valence-corrected chi connectivity index (χ0v) is 17.1. The van der Waals surface area contributed by atoms with Crippen molar-refractivity contribution < 1.29 is 9.59 Å². The monoisotopic (exact) mass is 416 g/mol. The van der Waals surface area contributed by atoms with Crippen LogP contribution in [0.5, 0.6) is 0 Å². The SMILES string of the molecule is N#CCCN(C(=O)CCC(=O)NCc1ccccc1Cn1cncn1)c1ccccc1. The summed E-state index contributed by atoms with van der Waals surface area (Å²) in [6, 6.07) is 19.0. The van der Waals surface area contributed by atoms with Crippen molar-refractivity contribution in [3.8, 4) is 6.07 Å². The van der Waals surface area contributed by atoms with Gasteiger partial charge in [0.1, 0.15) is 12.7 Å². The lowest BCUT2D eigenvalue weighted by Crippen LogP contribution is -2.33. The van der Waals surface area contributed by atoms with E-state index in [2.05, 4.69) is 21.5 Å². The van der Waals surface area contributed by atoms with E-state index in [1.54, 1.807) is 15.9 Å². The molecule has 0 aliphatic carbocycles. The van der Waals surface area contributed by atoms with Crippen LogP contribution in [0.25, 0.3) is 0 Å². The average molecular weight is 416 g/mol. The van der Waals surface area contributed by atoms with E-state index in [0.717, 1.165) is 16.8 Å². The number of carbonyl (C=O) groups is 2. The number of hydrogen-bond donors (Lipinski definition) is 1. The molecule has 158 valence electrons. The molecule has 0 radical (unpaired) electrons. The average Bonchev–Trinajstić information content (AvgIpc) is 3.31. The van der Waals surface area contributed by atoms with Gasteiger partial charge < -0.3 is 10.2 Å². The van der Waals surface area contributed by atoms with E-state index in [-0.39, 0.29) is 31.1 Å². The molecule has 3 aromatic rings. The Balaban J connectivity index is 1.53. The maximum absolute atomic E-state index is 12.7. The van der Waals surface area contributed by atoms with Gasteiger partial charge in [-0.15, -0.1) is 0 Å². The minimum Gasteiger partial charge on any atom is -0.352 e. The molecule has 0 aliphatic rings. The number of nitriles is 1. The molecule has 0 bridgehead atoms. The maximum atomic E-state index is 12.7. The van der Waals surface area contributed by atoms with Crippen molar-refractivity contribution in [2.45, 2.75) is 32.4 Å². The Kier molecular flexibility index (Phi) is 7.89. The number of carbonyl (C=O) groups excluding carboxylic acids is 2. The fourth-order valence-corrected chi connectivity index (χ4v) is 3.18. The molecule has 1 heterocycles. The van der Waals surface area contributed by atoms with Crippen molar-refractivity contribution in [2.75, 3.05) is 11.4 Å². The molecule has 0 fully saturated rings. The second kappa shape index (κ2) is 11.3. The van der Waals surface area contributed by atoms with E-state index in [1.165, 1.54) is 6.33 Å². The molecule has 8 heteroatoms. The molecule has 1 N–H and O–H groups in total. The molecule has 1 aromatic heterocycles. The molecule has 0 atom stereocenters. The molecule has 0 spiro atoms. The second-order valence-electron chi connectivity index (χ2n) is 6.93. The Labute approximate surface area is 181 Å². The van der Waals surface area contributed by atoms with Crippen LogP contribution in [0.3, 0.4) is 0 Å². The highest BCUT2D eigenvalue weighted by Gasteiger charge is 2.16. The normalized spacial score (nSPS) is 10.3. The largest absolute Gasteiger partial charge is 0.352 e. The Morgan fingerprint density at radius 3 is 2.48 bits per heavy atom. The highest BCUT2D eigenvalue weighted by atomic mass is 16.2. The summed E-state index contributed by atoms with van der Waals surface area (Å²) in [6.07, 6.45) is 3.52. The van der Waals surface area contributed by atoms with Gasteiger partial charge in [0.15, 0.2) is 0 Å². The summed E-state index contributed by atoms with van der Waals surface area (Å²) in [5, 5.41) is 15.9. The van der Waals surface area contributed by atoms with Crippen molar-refractivity contribution >= 4 is 17.5 Å². The van der Waals surface area contributed by atoms with E-state index in [4.69, 9.17) is 5.26 Å². The molecule has 0 saturated heterocycles. The number of anilines is 1. The van der Waals surface area contributed by atoms with Crippen molar-refractivity contribution in [2.24, 2.45) is 0 Å². The van der Waals surface area contributed by atoms with Gasteiger partial charge >= 0.3 is 0 Å². The summed E-state index contributed by atoms with van der Waals surface area (Å²) >= 11 is 0. The van der Waals surface area contributed by atoms with Gasteiger partial charge in [-0.3, -0.25) is 9.59 Å². The van der Waals surface area contributed by atoms with Crippen LogP contribution >= 0.6 is 0 Å². The quantitative estimate of drug-likeness (QED) is 0.547. The Morgan fingerprint density at radius 1 is 1.03 bits per heavy atom. The van der Waals surface area contributed by atoms with Crippen molar-refractivity contribution in [3.05, 3.63) is 78.4 Å². The van der Waals surface area contributed by atoms with Crippen LogP contribution in [0, 0.1) is 11.3 Å². The second-order valence-corrected chi connectivity index (χ2v) is 6.93. The van der Waals surface area contributed by atoms with Gasteiger partial charge in [0.2, 0.25) is 11.8 Å². The summed E-state index contributed by atoms with van der Waals surface area (Å²) in [6.45, 7) is 1.24. The lowest BCUT2D eigenvalue weighted by Gasteiger charge is -2.21. The first-order valence-electron chi connectivity index (χ1n) is 10.1. The molecule has 0 unspecified atom stereocenters. The first-order valence-corrected chi connectivity index (χ1v) is 10.1. The number of rotatable bonds is 10. The summed E-state index contributed by atoms with van der Waals surface area (Å²) in [5.41, 5.74) is 2.75. The predicted molar refractivity (Wildman–Crippen MR) is 116 cm³/mol. The van der Waals surface area contributed by atoms with E-state index in [0.29, 0.717) is 19.6 Å². The van der Waals surface area contributed by atoms with Crippen molar-refractivity contribution in [1.82, 2.24) is 20.1 Å². The zero-order valence-electron chi connectivity index (χ0n) is 17.1. The molecule has 31 heavy (non-hydrogen) atoms. The topological polar surface area (TPSA) is 104 Å². The number of aromatic nitrogens is 3. The van der Waals surface area contributed by atoms with E-state index in [1.807, 2.05) is 54.6 Å². The molecule has 0 saturated carbocycles. The van der Waals surface area contributed by atoms with Gasteiger partial charge in [-0.2, -0.15) is 10.4 Å². The summed E-state index contributed by atoms with van der Waals surface area (Å²) in [7, 11) is 0. The minimum atomic E-state index is -0.197. The Morgan fingerprint density at radius 2 is 1.77 bits per heavy atom. The number of nitrogens with zero attached hydrogens (tertiary/aromatic N) is 5. The number of benzene rings is 2. The van der Waals surface area contributed by atoms with E-state index >= 15 is 0 Å². The molecule has 8 nitrogen and oxygen atoms in total. The predicted octanol–water partition coefficient (Wildman–Crippen LogP) is 2.67. The van der Waals surface area contributed by atoms with Gasteiger partial charge in [0.05, 0.1) is 19.0 Å². The van der Waals surface area contributed by atoms with E-state index in [9.17, 15) is 9.59 Å². The molecule has 2 amide bonds. The van der Waals surface area contributed by atoms with Gasteiger partial charge in [-0.05, 0) is 23.3 Å². The number of hydrogen-bond acceptors (Lipinski definition) is 5. The smallest absolute Gasteiger partial charge is 0.227 e. The molecule has 0 aliphatic heterocycles. The first-order chi connectivity index (χ1) is 15.2. The number of para-hydroxylation sites is 1. The summed E-state index contributed by atoms with van der Waals surface area (Å²) < 4.78 is 1.72. The third-order valence-corrected chi connectivity index (χ3v) is 4.78. The lowest BCUT2D eigenvalue weighted by atomic mass is 10.1. The number of nitrogens with one attached hydrogen (secondary N) is 1. The van der Waals surface area contributed by atoms with Crippen LogP contribution in [0.1, 0.15) is 30.4 Å². The van der Waals surface area contributed by atoms with Crippen LogP contribution in [0.4, 0.5) is 5.69 Å². The minimum absolute atomic E-state index is 0.0762. The Hall–Kier alpha value is -3.99. The van der Waals surface area contributed by atoms with Gasteiger partial charge in [-0.25, -0.2) is 9.67 Å². The summed E-state index contributed by atoms with van der Waals surface area (Å²) in [5.74, 6) is -0.375. The molecule has 2 aromatic carbocycles. The molecular formula is C23H24N6O2. The van der Waals surface area contributed by atoms with Gasteiger partial charge in [0.25, 0.3) is 0 Å². The van der Waals surface area contributed by atoms with Gasteiger partial charge in [-0.1, -0.05) is 42.5 Å². The third kappa shape index (κ3) is 6.51. The van der Waals surface area contributed by atoms with Gasteiger partial charge in [0, 0.05) is 31.6 Å². The summed E-state index contributed by atoms with van der Waals surface area (Å²) in [4.78, 5) is 30.5. The highest BCUT2D eigenvalue weighted by Crippen LogP contribution is 2.16. The van der Waals surface area contributed by atoms with Crippen LogP contribution in [-0.4, -0.2) is 33.1 Å². The van der Waals surface area contributed by atoms with Crippen LogP contribution in [0.2, 0.25) is 0 Å². The molecule has 3 rings (SSSR count). The van der Waals surface area contributed by atoms with Crippen LogP contribution in [0.15, 0.2) is 67.3 Å². The lowest BCUT2D eigenvalue weighted by molar-refractivity contribution is -0.125. The fourth-order valence-electron chi connectivity index (χ4n) is 3.18. The molecular weight excluding hydrogens is 392 g/mol. The zero-order chi connectivity index (χ0) is 21.9. The third-order valence-electron chi connectivity index (χ3n) is 4.78.